The summed E-state index contributed by atoms with van der Waals surface area (Å²) in [5.74, 6) is -0.144. The number of carbonyl (C=O) groups excluding carboxylic acids is 1. The second kappa shape index (κ2) is 7.41. The number of esters is 1. The molecule has 0 aromatic carbocycles. The van der Waals surface area contributed by atoms with Gasteiger partial charge in [-0.25, -0.2) is 0 Å². The number of hydrogen-bond donors (Lipinski definition) is 1. The molecule has 0 amide bonds. The summed E-state index contributed by atoms with van der Waals surface area (Å²) in [5, 5.41) is 5.78. The minimum absolute atomic E-state index is 0.0867. The van der Waals surface area contributed by atoms with E-state index in [4.69, 9.17) is 4.74 Å². The van der Waals surface area contributed by atoms with Crippen LogP contribution in [0, 0.1) is 5.41 Å². The number of thiophene rings is 1. The Morgan fingerprint density at radius 3 is 2.95 bits per heavy atom. The van der Waals surface area contributed by atoms with Crippen LogP contribution in [0.2, 0.25) is 0 Å². The first-order valence-electron chi connectivity index (χ1n) is 7.86. The Hall–Kier alpha value is -0.870. The quantitative estimate of drug-likeness (QED) is 0.651. The number of nitrogens with one attached hydrogen (secondary N) is 1. The monoisotopic (exact) mass is 309 g/mol. The molecule has 4 heteroatoms. The van der Waals surface area contributed by atoms with Crippen molar-refractivity contribution in [3.05, 3.63) is 22.4 Å². The average molecular weight is 309 g/mol. The molecule has 0 aliphatic heterocycles. The van der Waals surface area contributed by atoms with E-state index in [1.54, 1.807) is 11.3 Å². The van der Waals surface area contributed by atoms with Crippen LogP contribution in [0.1, 0.15) is 63.3 Å². The van der Waals surface area contributed by atoms with Crippen LogP contribution in [0.4, 0.5) is 0 Å². The Balaban J connectivity index is 1.99. The van der Waals surface area contributed by atoms with Crippen molar-refractivity contribution in [2.24, 2.45) is 5.41 Å². The zero-order valence-electron chi connectivity index (χ0n) is 13.4. The maximum Gasteiger partial charge on any atom is 0.307 e. The number of carbonyl (C=O) groups is 1. The fourth-order valence-electron chi connectivity index (χ4n) is 3.09. The SMILES string of the molecule is COC(=O)CC(NC1CCCC(C)(C)CC1)c1cccs1. The van der Waals surface area contributed by atoms with Gasteiger partial charge in [0.2, 0.25) is 0 Å². The second-order valence-corrected chi connectivity index (χ2v) is 7.79. The Bertz CT molecular complexity index is 442. The fourth-order valence-corrected chi connectivity index (χ4v) is 3.88. The van der Waals surface area contributed by atoms with Gasteiger partial charge in [-0.2, -0.15) is 0 Å². The van der Waals surface area contributed by atoms with E-state index in [2.05, 4.69) is 30.6 Å². The molecule has 21 heavy (non-hydrogen) atoms. The van der Waals surface area contributed by atoms with Gasteiger partial charge >= 0.3 is 5.97 Å². The minimum atomic E-state index is -0.144. The highest BCUT2D eigenvalue weighted by molar-refractivity contribution is 7.10. The largest absolute Gasteiger partial charge is 0.469 e. The van der Waals surface area contributed by atoms with Crippen LogP contribution in [-0.2, 0) is 9.53 Å². The summed E-state index contributed by atoms with van der Waals surface area (Å²) in [5.41, 5.74) is 0.456. The van der Waals surface area contributed by atoms with E-state index in [1.807, 2.05) is 6.07 Å². The normalized spacial score (nSPS) is 23.3. The molecule has 118 valence electrons. The van der Waals surface area contributed by atoms with Crippen molar-refractivity contribution in [2.45, 2.75) is 64.5 Å². The molecule has 1 aromatic heterocycles. The lowest BCUT2D eigenvalue weighted by Gasteiger charge is -2.25. The smallest absolute Gasteiger partial charge is 0.307 e. The van der Waals surface area contributed by atoms with Crippen molar-refractivity contribution >= 4 is 17.3 Å². The van der Waals surface area contributed by atoms with Gasteiger partial charge < -0.3 is 10.1 Å². The first-order valence-corrected chi connectivity index (χ1v) is 8.74. The van der Waals surface area contributed by atoms with E-state index in [-0.39, 0.29) is 12.0 Å². The molecule has 0 spiro atoms. The molecule has 2 unspecified atom stereocenters. The van der Waals surface area contributed by atoms with Crippen molar-refractivity contribution in [2.75, 3.05) is 7.11 Å². The molecule has 0 saturated heterocycles. The summed E-state index contributed by atoms with van der Waals surface area (Å²) in [7, 11) is 1.46. The van der Waals surface area contributed by atoms with Gasteiger partial charge in [-0.05, 0) is 42.5 Å². The first-order chi connectivity index (χ1) is 10.00. The number of hydrogen-bond acceptors (Lipinski definition) is 4. The summed E-state index contributed by atoms with van der Waals surface area (Å²) in [6, 6.07) is 4.74. The zero-order valence-corrected chi connectivity index (χ0v) is 14.2. The van der Waals surface area contributed by atoms with Gasteiger partial charge in [0, 0.05) is 10.9 Å². The van der Waals surface area contributed by atoms with Gasteiger partial charge in [0.1, 0.15) is 0 Å². The summed E-state index contributed by atoms with van der Waals surface area (Å²) in [6.07, 6.45) is 6.62. The standard InChI is InChI=1S/C17H27NO2S/c1-17(2)9-4-6-13(8-10-17)18-14(12-16(19)20-3)15-7-5-11-21-15/h5,7,11,13-14,18H,4,6,8-10,12H2,1-3H3. The highest BCUT2D eigenvalue weighted by Crippen LogP contribution is 2.35. The third kappa shape index (κ3) is 5.11. The van der Waals surface area contributed by atoms with Gasteiger partial charge in [0.05, 0.1) is 19.6 Å². The molecule has 0 radical (unpaired) electrons. The third-order valence-electron chi connectivity index (χ3n) is 4.50. The number of ether oxygens (including phenoxy) is 1. The molecule has 1 N–H and O–H groups in total. The minimum Gasteiger partial charge on any atom is -0.469 e. The molecule has 2 rings (SSSR count). The van der Waals surface area contributed by atoms with Crippen molar-refractivity contribution < 1.29 is 9.53 Å². The maximum absolute atomic E-state index is 11.7. The topological polar surface area (TPSA) is 38.3 Å². The van der Waals surface area contributed by atoms with Gasteiger partial charge in [0.25, 0.3) is 0 Å². The molecule has 1 fully saturated rings. The predicted octanol–water partition coefficient (Wildman–Crippen LogP) is 4.30. The van der Waals surface area contributed by atoms with Crippen molar-refractivity contribution in [1.29, 1.82) is 0 Å². The molecule has 1 aliphatic carbocycles. The summed E-state index contributed by atoms with van der Waals surface area (Å²) < 4.78 is 4.85. The van der Waals surface area contributed by atoms with E-state index in [0.717, 1.165) is 0 Å². The van der Waals surface area contributed by atoms with Crippen molar-refractivity contribution in [3.63, 3.8) is 0 Å². The Labute approximate surface area is 132 Å². The molecule has 2 atom stereocenters. The third-order valence-corrected chi connectivity index (χ3v) is 5.48. The molecule has 0 bridgehead atoms. The molecule has 1 saturated carbocycles. The highest BCUT2D eigenvalue weighted by atomic mass is 32.1. The van der Waals surface area contributed by atoms with Gasteiger partial charge in [0.15, 0.2) is 0 Å². The highest BCUT2D eigenvalue weighted by Gasteiger charge is 2.27. The fraction of sp³-hybridized carbons (Fsp3) is 0.706. The lowest BCUT2D eigenvalue weighted by Crippen LogP contribution is -2.33. The average Bonchev–Trinajstić information content (AvgIpc) is 2.91. The van der Waals surface area contributed by atoms with Crippen molar-refractivity contribution in [3.8, 4) is 0 Å². The van der Waals surface area contributed by atoms with Crippen LogP contribution in [0.25, 0.3) is 0 Å². The van der Waals surface area contributed by atoms with Crippen LogP contribution in [0.3, 0.4) is 0 Å². The van der Waals surface area contributed by atoms with Crippen LogP contribution in [0.15, 0.2) is 17.5 Å². The zero-order chi connectivity index (χ0) is 15.3. The van der Waals surface area contributed by atoms with E-state index in [0.29, 0.717) is 17.9 Å². The van der Waals surface area contributed by atoms with E-state index < -0.39 is 0 Å². The van der Waals surface area contributed by atoms with E-state index in [9.17, 15) is 4.79 Å². The molecular weight excluding hydrogens is 282 g/mol. The first kappa shape index (κ1) is 16.5. The van der Waals surface area contributed by atoms with Crippen LogP contribution in [-0.4, -0.2) is 19.1 Å². The van der Waals surface area contributed by atoms with Gasteiger partial charge in [-0.1, -0.05) is 26.3 Å². The van der Waals surface area contributed by atoms with Crippen LogP contribution >= 0.6 is 11.3 Å². The molecular formula is C17H27NO2S. The molecule has 1 aromatic rings. The lowest BCUT2D eigenvalue weighted by atomic mass is 9.85. The van der Waals surface area contributed by atoms with Gasteiger partial charge in [-0.3, -0.25) is 4.79 Å². The second-order valence-electron chi connectivity index (χ2n) is 6.81. The molecule has 3 nitrogen and oxygen atoms in total. The van der Waals surface area contributed by atoms with E-state index >= 15 is 0 Å². The van der Waals surface area contributed by atoms with E-state index in [1.165, 1.54) is 44.1 Å². The van der Waals surface area contributed by atoms with Gasteiger partial charge in [-0.15, -0.1) is 11.3 Å². The number of rotatable bonds is 5. The summed E-state index contributed by atoms with van der Waals surface area (Å²) in [6.45, 7) is 4.72. The lowest BCUT2D eigenvalue weighted by molar-refractivity contribution is -0.141. The Morgan fingerprint density at radius 2 is 2.29 bits per heavy atom. The summed E-state index contributed by atoms with van der Waals surface area (Å²) in [4.78, 5) is 12.9. The molecule has 1 heterocycles. The molecule has 1 aliphatic rings. The van der Waals surface area contributed by atoms with Crippen molar-refractivity contribution in [1.82, 2.24) is 5.32 Å². The Morgan fingerprint density at radius 1 is 1.48 bits per heavy atom. The van der Waals surface area contributed by atoms with Crippen LogP contribution in [0.5, 0.6) is 0 Å². The Kier molecular flexibility index (Phi) is 5.82. The predicted molar refractivity (Wildman–Crippen MR) is 87.5 cm³/mol. The number of methoxy groups -OCH3 is 1. The maximum atomic E-state index is 11.7. The van der Waals surface area contributed by atoms with Crippen LogP contribution < -0.4 is 5.32 Å². The summed E-state index contributed by atoms with van der Waals surface area (Å²) >= 11 is 1.71.